The van der Waals surface area contributed by atoms with Crippen molar-refractivity contribution in [1.29, 1.82) is 0 Å². The summed E-state index contributed by atoms with van der Waals surface area (Å²) in [6.45, 7) is 1.55. The van der Waals surface area contributed by atoms with Gasteiger partial charge in [-0.15, -0.1) is 0 Å². The first-order chi connectivity index (χ1) is 9.54. The number of nitrogens with zero attached hydrogens (tertiary/aromatic N) is 2. The van der Waals surface area contributed by atoms with Gasteiger partial charge in [0.05, 0.1) is 0 Å². The highest BCUT2D eigenvalue weighted by molar-refractivity contribution is 9.10. The predicted octanol–water partition coefficient (Wildman–Crippen LogP) is 2.87. The van der Waals surface area contributed by atoms with Crippen LogP contribution >= 0.6 is 15.9 Å². The number of nitrogens with one attached hydrogen (secondary N) is 2. The molecule has 1 aromatic carbocycles. The van der Waals surface area contributed by atoms with Crippen LogP contribution < -0.4 is 10.6 Å². The molecule has 0 saturated heterocycles. The second-order valence-electron chi connectivity index (χ2n) is 4.12. The summed E-state index contributed by atoms with van der Waals surface area (Å²) in [4.78, 5) is 18.9. The molecule has 0 fully saturated rings. The molecule has 104 valence electrons. The number of aromatic nitrogens is 2. The normalized spacial score (nSPS) is 11.7. The summed E-state index contributed by atoms with van der Waals surface area (Å²) in [5.41, 5.74) is 0.879. The van der Waals surface area contributed by atoms with Crippen molar-refractivity contribution in [3.05, 3.63) is 41.1 Å². The standard InChI is InChI=1S/C13H13BrN4O2/c1-8(13(19)20)17-11-6-12(16-7-15-11)18-10-4-2-9(14)3-5-10/h2-8H,1H3,(H,19,20)(H2,15,16,17,18). The largest absolute Gasteiger partial charge is 0.480 e. The van der Waals surface area contributed by atoms with Crippen LogP contribution in [0.15, 0.2) is 41.1 Å². The molecule has 0 spiro atoms. The number of rotatable bonds is 5. The average molecular weight is 337 g/mol. The van der Waals surface area contributed by atoms with E-state index in [-0.39, 0.29) is 0 Å². The van der Waals surface area contributed by atoms with Crippen LogP contribution in [0.1, 0.15) is 6.92 Å². The maximum atomic E-state index is 10.8. The van der Waals surface area contributed by atoms with E-state index in [1.54, 1.807) is 13.0 Å². The first-order valence-corrected chi connectivity index (χ1v) is 6.68. The summed E-state index contributed by atoms with van der Waals surface area (Å²) in [7, 11) is 0. The Labute approximate surface area is 124 Å². The fourth-order valence-corrected chi connectivity index (χ4v) is 1.73. The first kappa shape index (κ1) is 14.3. The van der Waals surface area contributed by atoms with Gasteiger partial charge in [0.1, 0.15) is 24.0 Å². The molecule has 0 amide bonds. The lowest BCUT2D eigenvalue weighted by Gasteiger charge is -2.11. The molecule has 0 radical (unpaired) electrons. The predicted molar refractivity (Wildman–Crippen MR) is 80.2 cm³/mol. The minimum absolute atomic E-state index is 0.453. The Morgan fingerprint density at radius 2 is 1.90 bits per heavy atom. The van der Waals surface area contributed by atoms with Crippen molar-refractivity contribution >= 4 is 39.2 Å². The summed E-state index contributed by atoms with van der Waals surface area (Å²) < 4.78 is 0.989. The molecule has 0 aliphatic carbocycles. The van der Waals surface area contributed by atoms with Gasteiger partial charge in [-0.05, 0) is 31.2 Å². The van der Waals surface area contributed by atoms with Crippen LogP contribution in [0.2, 0.25) is 0 Å². The number of hydrogen-bond donors (Lipinski definition) is 3. The zero-order valence-electron chi connectivity index (χ0n) is 10.7. The van der Waals surface area contributed by atoms with Crippen LogP contribution in [-0.4, -0.2) is 27.1 Å². The number of aliphatic carboxylic acids is 1. The summed E-state index contributed by atoms with van der Waals surface area (Å²) in [6, 6.07) is 8.56. The van der Waals surface area contributed by atoms with E-state index in [1.807, 2.05) is 24.3 Å². The van der Waals surface area contributed by atoms with Crippen molar-refractivity contribution in [3.8, 4) is 0 Å². The van der Waals surface area contributed by atoms with Crippen molar-refractivity contribution in [2.24, 2.45) is 0 Å². The lowest BCUT2D eigenvalue weighted by molar-refractivity contribution is -0.137. The minimum atomic E-state index is -0.939. The van der Waals surface area contributed by atoms with Gasteiger partial charge in [-0.1, -0.05) is 15.9 Å². The van der Waals surface area contributed by atoms with E-state index in [1.165, 1.54) is 6.33 Å². The van der Waals surface area contributed by atoms with Crippen molar-refractivity contribution < 1.29 is 9.90 Å². The van der Waals surface area contributed by atoms with Crippen molar-refractivity contribution in [2.45, 2.75) is 13.0 Å². The molecule has 7 heteroatoms. The van der Waals surface area contributed by atoms with E-state index in [0.29, 0.717) is 11.6 Å². The van der Waals surface area contributed by atoms with Gasteiger partial charge in [0, 0.05) is 16.2 Å². The number of anilines is 3. The van der Waals surface area contributed by atoms with Crippen molar-refractivity contribution in [3.63, 3.8) is 0 Å². The molecular formula is C13H13BrN4O2. The number of carboxylic acids is 1. The highest BCUT2D eigenvalue weighted by Gasteiger charge is 2.11. The van der Waals surface area contributed by atoms with E-state index in [2.05, 4.69) is 36.5 Å². The summed E-state index contributed by atoms with van der Waals surface area (Å²) in [5, 5.41) is 14.7. The van der Waals surface area contributed by atoms with Crippen LogP contribution in [0.5, 0.6) is 0 Å². The molecule has 2 rings (SSSR count). The van der Waals surface area contributed by atoms with Crippen molar-refractivity contribution in [2.75, 3.05) is 10.6 Å². The number of carbonyl (C=O) groups is 1. The van der Waals surface area contributed by atoms with Gasteiger partial charge >= 0.3 is 5.97 Å². The molecule has 0 aliphatic rings. The smallest absolute Gasteiger partial charge is 0.325 e. The highest BCUT2D eigenvalue weighted by Crippen LogP contribution is 2.19. The van der Waals surface area contributed by atoms with Gasteiger partial charge in [0.25, 0.3) is 0 Å². The third-order valence-corrected chi connectivity index (χ3v) is 3.05. The Morgan fingerprint density at radius 3 is 2.55 bits per heavy atom. The SMILES string of the molecule is CC(Nc1cc(Nc2ccc(Br)cc2)ncn1)C(=O)O. The number of halogens is 1. The lowest BCUT2D eigenvalue weighted by atomic mass is 10.3. The molecule has 20 heavy (non-hydrogen) atoms. The summed E-state index contributed by atoms with van der Waals surface area (Å²) in [6.07, 6.45) is 1.37. The zero-order valence-corrected chi connectivity index (χ0v) is 12.3. The van der Waals surface area contributed by atoms with Crippen LogP contribution in [0.3, 0.4) is 0 Å². The molecule has 3 N–H and O–H groups in total. The Balaban J connectivity index is 2.09. The number of hydrogen-bond acceptors (Lipinski definition) is 5. The highest BCUT2D eigenvalue weighted by atomic mass is 79.9. The van der Waals surface area contributed by atoms with E-state index in [0.717, 1.165) is 10.2 Å². The molecule has 1 unspecified atom stereocenters. The van der Waals surface area contributed by atoms with E-state index < -0.39 is 12.0 Å². The first-order valence-electron chi connectivity index (χ1n) is 5.88. The van der Waals surface area contributed by atoms with Crippen molar-refractivity contribution in [1.82, 2.24) is 9.97 Å². The summed E-state index contributed by atoms with van der Waals surface area (Å²) in [5.74, 6) is 0.1000. The molecule has 0 bridgehead atoms. The molecule has 1 heterocycles. The van der Waals surface area contributed by atoms with Gasteiger partial charge in [-0.2, -0.15) is 0 Å². The van der Waals surface area contributed by atoms with Gasteiger partial charge < -0.3 is 15.7 Å². The molecule has 0 saturated carbocycles. The molecule has 0 aliphatic heterocycles. The summed E-state index contributed by atoms with van der Waals surface area (Å²) >= 11 is 3.36. The van der Waals surface area contributed by atoms with Gasteiger partial charge in [-0.3, -0.25) is 4.79 Å². The second kappa shape index (κ2) is 6.33. The quantitative estimate of drug-likeness (QED) is 0.778. The Morgan fingerprint density at radius 1 is 1.25 bits per heavy atom. The van der Waals surface area contributed by atoms with Gasteiger partial charge in [-0.25, -0.2) is 9.97 Å². The van der Waals surface area contributed by atoms with E-state index in [9.17, 15) is 4.79 Å². The fraction of sp³-hybridized carbons (Fsp3) is 0.154. The maximum absolute atomic E-state index is 10.8. The molecule has 1 aromatic heterocycles. The van der Waals surface area contributed by atoms with Gasteiger partial charge in [0.2, 0.25) is 0 Å². The molecular weight excluding hydrogens is 324 g/mol. The topological polar surface area (TPSA) is 87.1 Å². The molecule has 2 aromatic rings. The third-order valence-electron chi connectivity index (χ3n) is 2.52. The Kier molecular flexibility index (Phi) is 4.52. The van der Waals surface area contributed by atoms with Crippen LogP contribution in [0, 0.1) is 0 Å². The Bertz CT molecular complexity index is 604. The van der Waals surface area contributed by atoms with Gasteiger partial charge in [0.15, 0.2) is 0 Å². The van der Waals surface area contributed by atoms with E-state index in [4.69, 9.17) is 5.11 Å². The van der Waals surface area contributed by atoms with E-state index >= 15 is 0 Å². The van der Waals surface area contributed by atoms with Crippen LogP contribution in [-0.2, 0) is 4.79 Å². The third kappa shape index (κ3) is 3.92. The average Bonchev–Trinajstić information content (AvgIpc) is 2.42. The fourth-order valence-electron chi connectivity index (χ4n) is 1.47. The zero-order chi connectivity index (χ0) is 14.5. The Hall–Kier alpha value is -2.15. The second-order valence-corrected chi connectivity index (χ2v) is 5.04. The molecule has 6 nitrogen and oxygen atoms in total. The maximum Gasteiger partial charge on any atom is 0.325 e. The minimum Gasteiger partial charge on any atom is -0.480 e. The van der Waals surface area contributed by atoms with Crippen LogP contribution in [0.25, 0.3) is 0 Å². The number of carboxylic acid groups (broad SMARTS) is 1. The monoisotopic (exact) mass is 336 g/mol. The molecule has 1 atom stereocenters. The number of benzene rings is 1. The van der Waals surface area contributed by atoms with Crippen LogP contribution in [0.4, 0.5) is 17.3 Å². The lowest BCUT2D eigenvalue weighted by Crippen LogP contribution is -2.25.